The van der Waals surface area contributed by atoms with E-state index in [0.29, 0.717) is 11.1 Å². The third-order valence-corrected chi connectivity index (χ3v) is 3.53. The Balaban J connectivity index is 2.47. The van der Waals surface area contributed by atoms with E-state index in [-0.39, 0.29) is 30.6 Å². The first-order chi connectivity index (χ1) is 11.0. The average Bonchev–Trinajstić information content (AvgIpc) is 2.54. The van der Waals surface area contributed by atoms with Crippen molar-refractivity contribution >= 4 is 16.9 Å². The quantitative estimate of drug-likeness (QED) is 0.575. The van der Waals surface area contributed by atoms with Gasteiger partial charge in [0.2, 0.25) is 5.43 Å². The maximum absolute atomic E-state index is 12.4. The Morgan fingerprint density at radius 1 is 1.35 bits per heavy atom. The van der Waals surface area contributed by atoms with Gasteiger partial charge in [-0.15, -0.1) is 0 Å². The summed E-state index contributed by atoms with van der Waals surface area (Å²) in [6.07, 6.45) is -1.08. The summed E-state index contributed by atoms with van der Waals surface area (Å²) in [6, 6.07) is 4.56. The van der Waals surface area contributed by atoms with Crippen molar-refractivity contribution in [2.75, 3.05) is 13.2 Å². The molecule has 2 rings (SSSR count). The summed E-state index contributed by atoms with van der Waals surface area (Å²) in [5, 5.41) is 28.9. The molecular formula is C16H19NO6. The Bertz CT molecular complexity index is 754. The second-order valence-corrected chi connectivity index (χ2v) is 5.08. The molecule has 0 bridgehead atoms. The van der Waals surface area contributed by atoms with Crippen molar-refractivity contribution in [2.24, 2.45) is 0 Å². The molecule has 2 aromatic rings. The first kappa shape index (κ1) is 17.1. The fourth-order valence-corrected chi connectivity index (χ4v) is 2.29. The summed E-state index contributed by atoms with van der Waals surface area (Å²) in [5.41, 5.74) is 0.186. The van der Waals surface area contributed by atoms with Crippen molar-refractivity contribution in [3.8, 4) is 0 Å². The number of H-pyrrole nitrogens is 1. The Morgan fingerprint density at radius 2 is 2.09 bits per heavy atom. The molecule has 2 atom stereocenters. The number of hydrogen-bond donors (Lipinski definition) is 4. The Kier molecular flexibility index (Phi) is 5.49. The van der Waals surface area contributed by atoms with Crippen molar-refractivity contribution in [3.05, 3.63) is 45.7 Å². The van der Waals surface area contributed by atoms with Gasteiger partial charge in [0, 0.05) is 23.7 Å². The van der Waals surface area contributed by atoms with Gasteiger partial charge in [-0.2, -0.15) is 0 Å². The molecule has 0 aliphatic heterocycles. The standard InChI is InChI=1S/C16H19NO6/c1-2-23-16(22)11-8-17-12-4-3-9(7-10(12)15(11)21)14(20)13(19)5-6-18/h3-4,7-8,13-14,18-20H,2,5-6H2,1H3,(H,17,21). The van der Waals surface area contributed by atoms with Crippen LogP contribution in [0.2, 0.25) is 0 Å². The molecule has 0 saturated carbocycles. The number of esters is 1. The maximum Gasteiger partial charge on any atom is 0.343 e. The van der Waals surface area contributed by atoms with Crippen LogP contribution >= 0.6 is 0 Å². The van der Waals surface area contributed by atoms with Crippen LogP contribution in [0.15, 0.2) is 29.2 Å². The first-order valence-electron chi connectivity index (χ1n) is 7.29. The first-order valence-corrected chi connectivity index (χ1v) is 7.29. The van der Waals surface area contributed by atoms with Crippen LogP contribution in [-0.4, -0.2) is 45.6 Å². The van der Waals surface area contributed by atoms with Gasteiger partial charge >= 0.3 is 5.97 Å². The van der Waals surface area contributed by atoms with Crippen LogP contribution in [-0.2, 0) is 4.74 Å². The van der Waals surface area contributed by atoms with Crippen molar-refractivity contribution in [2.45, 2.75) is 25.6 Å². The van der Waals surface area contributed by atoms with Crippen LogP contribution in [0.3, 0.4) is 0 Å². The molecule has 2 unspecified atom stereocenters. The number of carbonyl (C=O) groups excluding carboxylic acids is 1. The van der Waals surface area contributed by atoms with Crippen molar-refractivity contribution in [1.82, 2.24) is 4.98 Å². The topological polar surface area (TPSA) is 120 Å². The van der Waals surface area contributed by atoms with E-state index < -0.39 is 23.6 Å². The minimum atomic E-state index is -1.24. The number of ether oxygens (including phenoxy) is 1. The van der Waals surface area contributed by atoms with Gasteiger partial charge in [0.15, 0.2) is 0 Å². The molecule has 0 amide bonds. The molecule has 1 aromatic carbocycles. The zero-order valence-corrected chi connectivity index (χ0v) is 12.7. The summed E-state index contributed by atoms with van der Waals surface area (Å²) in [7, 11) is 0. The van der Waals surface area contributed by atoms with E-state index in [2.05, 4.69) is 4.98 Å². The fraction of sp³-hybridized carbons (Fsp3) is 0.375. The number of aliphatic hydroxyl groups is 3. The van der Waals surface area contributed by atoms with E-state index in [0.717, 1.165) is 0 Å². The summed E-state index contributed by atoms with van der Waals surface area (Å²) in [6.45, 7) is 1.53. The number of aromatic amines is 1. The summed E-state index contributed by atoms with van der Waals surface area (Å²) in [5.74, 6) is -0.720. The van der Waals surface area contributed by atoms with Crippen LogP contribution in [0.4, 0.5) is 0 Å². The van der Waals surface area contributed by atoms with Gasteiger partial charge in [0.05, 0.1) is 12.7 Å². The third kappa shape index (κ3) is 3.58. The highest BCUT2D eigenvalue weighted by Gasteiger charge is 2.20. The largest absolute Gasteiger partial charge is 0.462 e. The number of aromatic nitrogens is 1. The van der Waals surface area contributed by atoms with Crippen molar-refractivity contribution in [3.63, 3.8) is 0 Å². The molecule has 0 saturated heterocycles. The van der Waals surface area contributed by atoms with Crippen LogP contribution in [0.1, 0.15) is 35.4 Å². The van der Waals surface area contributed by atoms with E-state index >= 15 is 0 Å². The molecule has 23 heavy (non-hydrogen) atoms. The lowest BCUT2D eigenvalue weighted by atomic mass is 10.00. The molecule has 7 heteroatoms. The molecule has 4 N–H and O–H groups in total. The minimum Gasteiger partial charge on any atom is -0.462 e. The molecule has 0 spiro atoms. The van der Waals surface area contributed by atoms with Crippen molar-refractivity contribution in [1.29, 1.82) is 0 Å². The molecule has 0 fully saturated rings. The monoisotopic (exact) mass is 321 g/mol. The third-order valence-electron chi connectivity index (χ3n) is 3.53. The van der Waals surface area contributed by atoms with E-state index in [4.69, 9.17) is 9.84 Å². The molecule has 124 valence electrons. The maximum atomic E-state index is 12.4. The van der Waals surface area contributed by atoms with Gasteiger partial charge in [-0.05, 0) is 31.0 Å². The van der Waals surface area contributed by atoms with Gasteiger partial charge in [0.1, 0.15) is 11.7 Å². The second-order valence-electron chi connectivity index (χ2n) is 5.08. The van der Waals surface area contributed by atoms with Gasteiger partial charge in [0.25, 0.3) is 0 Å². The predicted octanol–water partition coefficient (Wildman–Crippen LogP) is 0.481. The highest BCUT2D eigenvalue weighted by atomic mass is 16.5. The van der Waals surface area contributed by atoms with E-state index in [1.807, 2.05) is 0 Å². The highest BCUT2D eigenvalue weighted by Crippen LogP contribution is 2.21. The fourth-order valence-electron chi connectivity index (χ4n) is 2.29. The molecule has 1 aromatic heterocycles. The summed E-state index contributed by atoms with van der Waals surface area (Å²) >= 11 is 0. The lowest BCUT2D eigenvalue weighted by Gasteiger charge is -2.17. The predicted molar refractivity (Wildman–Crippen MR) is 83.2 cm³/mol. The Labute approximate surface area is 132 Å². The molecule has 0 aliphatic carbocycles. The number of carbonyl (C=O) groups is 1. The number of nitrogens with one attached hydrogen (secondary N) is 1. The highest BCUT2D eigenvalue weighted by molar-refractivity contribution is 5.93. The zero-order chi connectivity index (χ0) is 17.0. The van der Waals surface area contributed by atoms with Gasteiger partial charge < -0.3 is 25.0 Å². The molecular weight excluding hydrogens is 302 g/mol. The number of benzene rings is 1. The van der Waals surface area contributed by atoms with Crippen LogP contribution < -0.4 is 5.43 Å². The lowest BCUT2D eigenvalue weighted by Crippen LogP contribution is -2.21. The lowest BCUT2D eigenvalue weighted by molar-refractivity contribution is 0.00428. The number of rotatable bonds is 6. The van der Waals surface area contributed by atoms with Crippen LogP contribution in [0, 0.1) is 0 Å². The van der Waals surface area contributed by atoms with Crippen LogP contribution in [0.25, 0.3) is 10.9 Å². The Morgan fingerprint density at radius 3 is 2.74 bits per heavy atom. The normalized spacial score (nSPS) is 13.7. The summed E-state index contributed by atoms with van der Waals surface area (Å²) in [4.78, 5) is 27.0. The SMILES string of the molecule is CCOC(=O)c1c[nH]c2ccc(C(O)C(O)CCO)cc2c1=O. The van der Waals surface area contributed by atoms with Gasteiger partial charge in [-0.3, -0.25) is 4.79 Å². The molecule has 1 heterocycles. The molecule has 0 radical (unpaired) electrons. The smallest absolute Gasteiger partial charge is 0.343 e. The summed E-state index contributed by atoms with van der Waals surface area (Å²) < 4.78 is 4.83. The minimum absolute atomic E-state index is 0.0123. The van der Waals surface area contributed by atoms with Crippen LogP contribution in [0.5, 0.6) is 0 Å². The zero-order valence-electron chi connectivity index (χ0n) is 12.7. The van der Waals surface area contributed by atoms with E-state index in [1.165, 1.54) is 12.3 Å². The van der Waals surface area contributed by atoms with E-state index in [1.54, 1.807) is 19.1 Å². The van der Waals surface area contributed by atoms with Gasteiger partial charge in [-0.1, -0.05) is 6.07 Å². The Hall–Kier alpha value is -2.22. The second kappa shape index (κ2) is 7.36. The average molecular weight is 321 g/mol. The number of hydrogen-bond acceptors (Lipinski definition) is 6. The number of fused-ring (bicyclic) bond motifs is 1. The number of aliphatic hydroxyl groups excluding tert-OH is 3. The van der Waals surface area contributed by atoms with Crippen molar-refractivity contribution < 1.29 is 24.9 Å². The van der Waals surface area contributed by atoms with Gasteiger partial charge in [-0.25, -0.2) is 4.79 Å². The van der Waals surface area contributed by atoms with E-state index in [9.17, 15) is 19.8 Å². The number of pyridine rings is 1. The molecule has 0 aliphatic rings. The molecule has 7 nitrogen and oxygen atoms in total.